The molecule has 1 heterocycles. The van der Waals surface area contributed by atoms with Crippen molar-refractivity contribution in [1.29, 1.82) is 0 Å². The number of unbranched alkanes of at least 4 members (excludes halogenated alkanes) is 4. The summed E-state index contributed by atoms with van der Waals surface area (Å²) in [4.78, 5) is 38.3. The fourth-order valence-electron chi connectivity index (χ4n) is 3.20. The van der Waals surface area contributed by atoms with Crippen molar-refractivity contribution in [3.05, 3.63) is 28.2 Å². The first kappa shape index (κ1) is 21.4. The monoisotopic (exact) mass is 437 g/mol. The topological polar surface area (TPSA) is 78.5 Å². The number of rotatable bonds is 9. The van der Waals surface area contributed by atoms with Gasteiger partial charge in [-0.15, -0.1) is 0 Å². The van der Waals surface area contributed by atoms with E-state index in [2.05, 4.69) is 33.5 Å². The van der Waals surface area contributed by atoms with Crippen LogP contribution >= 0.6 is 15.9 Å². The molecule has 6 nitrogen and oxygen atoms in total. The molecule has 1 aliphatic rings. The molecular weight excluding hydrogens is 410 g/mol. The van der Waals surface area contributed by atoms with Gasteiger partial charge in [-0.3, -0.25) is 14.5 Å². The number of hydrogen-bond donors (Lipinski definition) is 2. The number of halogens is 1. The summed E-state index contributed by atoms with van der Waals surface area (Å²) in [6.07, 6.45) is 5.97. The van der Waals surface area contributed by atoms with Gasteiger partial charge in [0.05, 0.1) is 5.69 Å². The fraction of sp³-hybridized carbons (Fsp3) is 0.550. The number of carbonyl (C=O) groups excluding carboxylic acids is 3. The first-order chi connectivity index (χ1) is 12.8. The zero-order valence-corrected chi connectivity index (χ0v) is 17.8. The quantitative estimate of drug-likeness (QED) is 0.444. The van der Waals surface area contributed by atoms with Crippen LogP contribution in [0, 0.1) is 6.92 Å². The van der Waals surface area contributed by atoms with Gasteiger partial charge in [-0.25, -0.2) is 4.79 Å². The Kier molecular flexibility index (Phi) is 7.41. The maximum atomic E-state index is 12.7. The van der Waals surface area contributed by atoms with E-state index in [9.17, 15) is 14.4 Å². The van der Waals surface area contributed by atoms with Gasteiger partial charge < -0.3 is 10.6 Å². The van der Waals surface area contributed by atoms with E-state index in [1.165, 1.54) is 6.42 Å². The predicted molar refractivity (Wildman–Crippen MR) is 110 cm³/mol. The molecule has 0 saturated carbocycles. The normalized spacial score (nSPS) is 19.3. The third-order valence-corrected chi connectivity index (χ3v) is 5.48. The van der Waals surface area contributed by atoms with Crippen LogP contribution in [0.1, 0.15) is 57.9 Å². The van der Waals surface area contributed by atoms with Crippen LogP contribution in [0.2, 0.25) is 0 Å². The van der Waals surface area contributed by atoms with Crippen molar-refractivity contribution in [1.82, 2.24) is 10.2 Å². The molecule has 1 saturated heterocycles. The lowest BCUT2D eigenvalue weighted by Gasteiger charge is -2.21. The molecule has 0 aromatic heterocycles. The Balaban J connectivity index is 1.93. The number of carbonyl (C=O) groups is 3. The third-order valence-electron chi connectivity index (χ3n) is 4.83. The average molecular weight is 438 g/mol. The van der Waals surface area contributed by atoms with Crippen molar-refractivity contribution in [2.24, 2.45) is 0 Å². The van der Waals surface area contributed by atoms with Crippen LogP contribution in [-0.4, -0.2) is 34.8 Å². The maximum absolute atomic E-state index is 12.7. The fourth-order valence-corrected chi connectivity index (χ4v) is 3.79. The number of nitrogens with zero attached hydrogens (tertiary/aromatic N) is 1. The van der Waals surface area contributed by atoms with E-state index in [0.717, 1.165) is 40.6 Å². The molecule has 1 aromatic rings. The number of benzene rings is 1. The smallest absolute Gasteiger partial charge is 0.323 e. The lowest BCUT2D eigenvalue weighted by Crippen LogP contribution is -2.44. The summed E-state index contributed by atoms with van der Waals surface area (Å²) >= 11 is 3.40. The van der Waals surface area contributed by atoms with Crippen LogP contribution < -0.4 is 10.6 Å². The molecule has 0 aliphatic carbocycles. The van der Waals surface area contributed by atoms with Crippen LogP contribution in [0.25, 0.3) is 0 Å². The standard InChI is InChI=1S/C20H28BrN3O3/c1-4-5-6-7-8-11-20(3)18(26)24(19(27)23-20)13-17(25)22-16-10-9-14(2)12-15(16)21/h9-10,12H,4-8,11,13H2,1-3H3,(H,22,25)(H,23,27)/t20-/m1/s1. The second-order valence-corrected chi connectivity index (χ2v) is 8.20. The zero-order chi connectivity index (χ0) is 20.0. The van der Waals surface area contributed by atoms with Crippen molar-refractivity contribution in [2.75, 3.05) is 11.9 Å². The molecule has 2 N–H and O–H groups in total. The van der Waals surface area contributed by atoms with Crippen LogP contribution in [0.5, 0.6) is 0 Å². The minimum absolute atomic E-state index is 0.295. The van der Waals surface area contributed by atoms with Gasteiger partial charge in [0.15, 0.2) is 0 Å². The molecule has 0 bridgehead atoms. The van der Waals surface area contributed by atoms with Gasteiger partial charge in [0.2, 0.25) is 5.91 Å². The summed E-state index contributed by atoms with van der Waals surface area (Å²) in [5, 5.41) is 5.50. The molecule has 1 aromatic carbocycles. The minimum Gasteiger partial charge on any atom is -0.323 e. The molecule has 0 spiro atoms. The van der Waals surface area contributed by atoms with E-state index in [1.807, 2.05) is 19.1 Å². The zero-order valence-electron chi connectivity index (χ0n) is 16.2. The van der Waals surface area contributed by atoms with Gasteiger partial charge in [-0.05, 0) is 53.9 Å². The number of hydrogen-bond acceptors (Lipinski definition) is 3. The highest BCUT2D eigenvalue weighted by Crippen LogP contribution is 2.25. The van der Waals surface area contributed by atoms with Crippen molar-refractivity contribution in [3.8, 4) is 0 Å². The van der Waals surface area contributed by atoms with Crippen LogP contribution in [0.15, 0.2) is 22.7 Å². The Morgan fingerprint density at radius 1 is 1.22 bits per heavy atom. The molecule has 148 valence electrons. The Morgan fingerprint density at radius 3 is 2.59 bits per heavy atom. The second kappa shape index (κ2) is 9.35. The van der Waals surface area contributed by atoms with Crippen molar-refractivity contribution < 1.29 is 14.4 Å². The van der Waals surface area contributed by atoms with Gasteiger partial charge in [0.1, 0.15) is 12.1 Å². The molecular formula is C20H28BrN3O3. The molecule has 1 atom stereocenters. The molecule has 0 radical (unpaired) electrons. The average Bonchev–Trinajstić information content (AvgIpc) is 2.81. The largest absolute Gasteiger partial charge is 0.325 e. The summed E-state index contributed by atoms with van der Waals surface area (Å²) in [5.41, 5.74) is 0.744. The first-order valence-electron chi connectivity index (χ1n) is 9.47. The minimum atomic E-state index is -0.923. The highest BCUT2D eigenvalue weighted by atomic mass is 79.9. The molecule has 0 unspecified atom stereocenters. The number of anilines is 1. The van der Waals surface area contributed by atoms with Crippen LogP contribution in [0.4, 0.5) is 10.5 Å². The Hall–Kier alpha value is -1.89. The molecule has 7 heteroatoms. The summed E-state index contributed by atoms with van der Waals surface area (Å²) < 4.78 is 0.755. The third kappa shape index (κ3) is 5.54. The highest BCUT2D eigenvalue weighted by molar-refractivity contribution is 9.10. The van der Waals surface area contributed by atoms with E-state index in [0.29, 0.717) is 12.1 Å². The lowest BCUT2D eigenvalue weighted by atomic mass is 9.94. The number of aryl methyl sites for hydroxylation is 1. The number of amides is 4. The first-order valence-corrected chi connectivity index (χ1v) is 10.3. The number of urea groups is 1. The lowest BCUT2D eigenvalue weighted by molar-refractivity contribution is -0.133. The second-order valence-electron chi connectivity index (χ2n) is 7.35. The van der Waals surface area contributed by atoms with Crippen molar-refractivity contribution >= 4 is 39.5 Å². The molecule has 4 amide bonds. The van der Waals surface area contributed by atoms with Crippen molar-refractivity contribution in [3.63, 3.8) is 0 Å². The Bertz CT molecular complexity index is 722. The number of nitrogens with one attached hydrogen (secondary N) is 2. The summed E-state index contributed by atoms with van der Waals surface area (Å²) in [6, 6.07) is 5.04. The predicted octanol–water partition coefficient (Wildman–Crippen LogP) is 4.37. The number of imide groups is 1. The highest BCUT2D eigenvalue weighted by Gasteiger charge is 2.47. The molecule has 2 rings (SSSR count). The van der Waals surface area contributed by atoms with Crippen LogP contribution in [-0.2, 0) is 9.59 Å². The van der Waals surface area contributed by atoms with Gasteiger partial charge in [-0.1, -0.05) is 45.1 Å². The van der Waals surface area contributed by atoms with E-state index in [4.69, 9.17) is 0 Å². The van der Waals surface area contributed by atoms with Gasteiger partial charge in [0.25, 0.3) is 5.91 Å². The van der Waals surface area contributed by atoms with E-state index in [1.54, 1.807) is 13.0 Å². The van der Waals surface area contributed by atoms with E-state index >= 15 is 0 Å². The molecule has 1 aliphatic heterocycles. The maximum Gasteiger partial charge on any atom is 0.325 e. The Morgan fingerprint density at radius 2 is 1.93 bits per heavy atom. The summed E-state index contributed by atoms with van der Waals surface area (Å²) in [6.45, 7) is 5.55. The summed E-state index contributed by atoms with van der Waals surface area (Å²) in [5.74, 6) is -0.739. The van der Waals surface area contributed by atoms with E-state index < -0.39 is 17.5 Å². The molecule has 1 fully saturated rings. The van der Waals surface area contributed by atoms with Gasteiger partial charge in [-0.2, -0.15) is 0 Å². The molecule has 27 heavy (non-hydrogen) atoms. The summed E-state index contributed by atoms with van der Waals surface area (Å²) in [7, 11) is 0. The SMILES string of the molecule is CCCCCCC[C@@]1(C)NC(=O)N(CC(=O)Nc2ccc(C)cc2Br)C1=O. The van der Waals surface area contributed by atoms with Crippen LogP contribution in [0.3, 0.4) is 0 Å². The van der Waals surface area contributed by atoms with Gasteiger partial charge in [0, 0.05) is 4.47 Å². The van der Waals surface area contributed by atoms with E-state index in [-0.39, 0.29) is 12.5 Å². The van der Waals surface area contributed by atoms with Crippen molar-refractivity contribution in [2.45, 2.75) is 64.8 Å². The Labute approximate surface area is 169 Å². The van der Waals surface area contributed by atoms with Gasteiger partial charge >= 0.3 is 6.03 Å².